The number of likely N-dealkylation sites (N-methyl/N-ethyl adjacent to an activating group) is 1. The Hall–Kier alpha value is -2.78. The van der Waals surface area contributed by atoms with Gasteiger partial charge in [0.1, 0.15) is 12.1 Å². The van der Waals surface area contributed by atoms with Crippen molar-refractivity contribution in [1.29, 1.82) is 0 Å². The molecule has 5 amide bonds. The fourth-order valence-corrected chi connectivity index (χ4v) is 6.95. The van der Waals surface area contributed by atoms with Gasteiger partial charge in [0.15, 0.2) is 0 Å². The number of sulfonamides is 1. The summed E-state index contributed by atoms with van der Waals surface area (Å²) in [6, 6.07) is -4.24. The Morgan fingerprint density at radius 3 is 2.04 bits per heavy atom. The van der Waals surface area contributed by atoms with Crippen LogP contribution in [0, 0.1) is 17.3 Å². The molecule has 5 N–H and O–H groups in total. The molecule has 0 aromatic rings. The minimum atomic E-state index is -3.51. The quantitative estimate of drug-likeness (QED) is 0.197. The van der Waals surface area contributed by atoms with Crippen molar-refractivity contribution < 1.29 is 37.1 Å². The smallest absolute Gasteiger partial charge is 0.315 e. The highest BCUT2D eigenvalue weighted by molar-refractivity contribution is 7.88. The van der Waals surface area contributed by atoms with Gasteiger partial charge >= 0.3 is 6.03 Å². The van der Waals surface area contributed by atoms with E-state index in [0.29, 0.717) is 19.3 Å². The number of Topliss-reactive ketones (excluding diaryl/α,β-unsaturated/α-hetero) is 1. The van der Waals surface area contributed by atoms with Crippen LogP contribution < -0.4 is 21.7 Å². The Balaban J connectivity index is 1.89. The number of ether oxygens (including phenoxy) is 1. The first kappa shape index (κ1) is 39.7. The maximum absolute atomic E-state index is 14.5. The van der Waals surface area contributed by atoms with E-state index < -0.39 is 80.8 Å². The molecule has 5 atom stereocenters. The van der Waals surface area contributed by atoms with E-state index in [0.717, 1.165) is 38.4 Å². The van der Waals surface area contributed by atoms with Crippen LogP contribution in [0.5, 0.6) is 0 Å². The molecule has 15 heteroatoms. The Morgan fingerprint density at radius 1 is 0.938 bits per heavy atom. The maximum atomic E-state index is 14.5. The van der Waals surface area contributed by atoms with E-state index >= 15 is 0 Å². The van der Waals surface area contributed by atoms with Gasteiger partial charge in [-0.2, -0.15) is 0 Å². The van der Waals surface area contributed by atoms with Crippen molar-refractivity contribution in [3.05, 3.63) is 0 Å². The van der Waals surface area contributed by atoms with Crippen LogP contribution in [-0.4, -0.2) is 109 Å². The number of urea groups is 1. The van der Waals surface area contributed by atoms with Gasteiger partial charge in [-0.05, 0) is 57.3 Å². The number of nitrogens with two attached hydrogens (primary N) is 1. The van der Waals surface area contributed by atoms with Crippen molar-refractivity contribution in [2.45, 2.75) is 135 Å². The molecule has 0 aromatic carbocycles. The summed E-state index contributed by atoms with van der Waals surface area (Å²) in [4.78, 5) is 67.9. The summed E-state index contributed by atoms with van der Waals surface area (Å²) in [5.41, 5.74) is 4.22. The number of ketones is 1. The molecule has 1 unspecified atom stereocenters. The fourth-order valence-electron chi connectivity index (χ4n) is 6.53. The number of primary amides is 1. The molecular weight excluding hydrogens is 640 g/mol. The molecule has 14 nitrogen and oxygen atoms in total. The molecule has 0 radical (unpaired) electrons. The highest BCUT2D eigenvalue weighted by Gasteiger charge is 2.46. The number of nitrogens with one attached hydrogen (secondary N) is 3. The minimum absolute atomic E-state index is 0.0318. The van der Waals surface area contributed by atoms with E-state index in [1.54, 1.807) is 0 Å². The van der Waals surface area contributed by atoms with Gasteiger partial charge in [-0.1, -0.05) is 52.9 Å². The molecule has 3 aliphatic rings. The van der Waals surface area contributed by atoms with Gasteiger partial charge in [-0.25, -0.2) is 17.5 Å². The zero-order valence-electron chi connectivity index (χ0n) is 30.0. The average Bonchev–Trinajstić information content (AvgIpc) is 3.69. The lowest BCUT2D eigenvalue weighted by Crippen LogP contribution is -2.60. The lowest BCUT2D eigenvalue weighted by Gasteiger charge is -2.37. The maximum Gasteiger partial charge on any atom is 0.315 e. The third-order valence-corrected chi connectivity index (χ3v) is 10.8. The molecule has 1 saturated heterocycles. The molecule has 0 spiro atoms. The lowest BCUT2D eigenvalue weighted by atomic mass is 9.83. The van der Waals surface area contributed by atoms with E-state index in [9.17, 15) is 32.4 Å². The molecule has 0 aromatic heterocycles. The summed E-state index contributed by atoms with van der Waals surface area (Å²) in [7, 11) is -2.06. The molecule has 2 saturated carbocycles. The normalized spacial score (nSPS) is 22.9. The number of carbonyl (C=O) groups excluding carboxylic acids is 5. The number of amides is 5. The van der Waals surface area contributed by atoms with Gasteiger partial charge < -0.3 is 31.3 Å². The van der Waals surface area contributed by atoms with E-state index in [1.807, 2.05) is 41.5 Å². The molecule has 1 aliphatic heterocycles. The van der Waals surface area contributed by atoms with Crippen LogP contribution >= 0.6 is 0 Å². The number of rotatable bonds is 14. The summed E-state index contributed by atoms with van der Waals surface area (Å²) in [6.07, 6.45) is 7.07. The van der Waals surface area contributed by atoms with Crippen LogP contribution in [0.1, 0.15) is 99.3 Å². The number of hydrogen-bond acceptors (Lipinski definition) is 8. The van der Waals surface area contributed by atoms with Crippen molar-refractivity contribution in [3.63, 3.8) is 0 Å². The molecule has 1 heterocycles. The average molecular weight is 699 g/mol. The first-order chi connectivity index (χ1) is 22.1. The number of carbonyl (C=O) groups is 5. The van der Waals surface area contributed by atoms with Crippen LogP contribution in [0.15, 0.2) is 0 Å². The number of hydrogen-bond donors (Lipinski definition) is 4. The Labute approximate surface area is 286 Å². The van der Waals surface area contributed by atoms with E-state index in [-0.39, 0.29) is 31.3 Å². The summed E-state index contributed by atoms with van der Waals surface area (Å²) >= 11 is 0. The van der Waals surface area contributed by atoms with Crippen molar-refractivity contribution in [2.24, 2.45) is 23.0 Å². The van der Waals surface area contributed by atoms with Gasteiger partial charge in [-0.15, -0.1) is 0 Å². The fraction of sp³-hybridized carbons (Fsp3) is 0.848. The zero-order chi connectivity index (χ0) is 36.2. The van der Waals surface area contributed by atoms with E-state index in [2.05, 4.69) is 16.0 Å². The van der Waals surface area contributed by atoms with E-state index in [1.165, 1.54) is 16.3 Å². The summed E-state index contributed by atoms with van der Waals surface area (Å²) in [5.74, 6) is -2.98. The van der Waals surface area contributed by atoms with Gasteiger partial charge in [0.05, 0.1) is 24.0 Å². The van der Waals surface area contributed by atoms with Gasteiger partial charge in [0.25, 0.3) is 5.91 Å². The van der Waals surface area contributed by atoms with E-state index in [4.69, 9.17) is 10.5 Å². The summed E-state index contributed by atoms with van der Waals surface area (Å²) in [5, 5.41) is 8.54. The van der Waals surface area contributed by atoms with Crippen LogP contribution in [0.3, 0.4) is 0 Å². The molecular formula is C33H58N6O8S. The second kappa shape index (κ2) is 15.8. The second-order valence-electron chi connectivity index (χ2n) is 16.0. The van der Waals surface area contributed by atoms with Gasteiger partial charge in [-0.3, -0.25) is 19.2 Å². The zero-order valence-corrected chi connectivity index (χ0v) is 30.8. The largest absolute Gasteiger partial charge is 0.371 e. The molecule has 3 rings (SSSR count). The molecule has 48 heavy (non-hydrogen) atoms. The van der Waals surface area contributed by atoms with Gasteiger partial charge in [0.2, 0.25) is 27.6 Å². The van der Waals surface area contributed by atoms with Crippen molar-refractivity contribution in [2.75, 3.05) is 26.4 Å². The number of likely N-dealkylation sites (tertiary alicyclic amines) is 1. The third kappa shape index (κ3) is 11.7. The Bertz CT molecular complexity index is 1300. The van der Waals surface area contributed by atoms with Crippen LogP contribution in [-0.2, 0) is 33.9 Å². The highest BCUT2D eigenvalue weighted by Crippen LogP contribution is 2.34. The summed E-state index contributed by atoms with van der Waals surface area (Å²) < 4.78 is 31.7. The Morgan fingerprint density at radius 2 is 1.54 bits per heavy atom. The molecule has 274 valence electrons. The standard InChI is InChI=1S/C33H58N6O8S/c1-32(2,3)25(19-38(7)48(8,45)46)36-31(44)37-26(21-12-10-9-11-13-21)30(43)39-18-22(47-33(4,5)6)17-24(39)29(42)35-23(16-20-14-15-20)27(40)28(34)41/h20-26H,9-19H2,1-8H3,(H2,34,41)(H,35,42)(H2,36,37,44)/t22-,23?,24+,25-,26+/m1/s1. The SMILES string of the molecule is CN(C[C@@H](NC(=O)N[C@H](C(=O)N1C[C@H](OC(C)(C)C)C[C@H]1C(=O)NC(CC1CC1)C(=O)C(N)=O)C1CCCCC1)C(C)(C)C)S(C)(=O)=O. The second-order valence-corrected chi connectivity index (χ2v) is 18.1. The van der Waals surface area contributed by atoms with Crippen LogP contribution in [0.4, 0.5) is 4.79 Å². The first-order valence-corrected chi connectivity index (χ1v) is 19.0. The van der Waals surface area contributed by atoms with Gasteiger partial charge in [0, 0.05) is 32.6 Å². The Kier molecular flexibility index (Phi) is 13.1. The van der Waals surface area contributed by atoms with Crippen LogP contribution in [0.25, 0.3) is 0 Å². The van der Waals surface area contributed by atoms with Crippen molar-refractivity contribution in [1.82, 2.24) is 25.2 Å². The molecule has 2 aliphatic carbocycles. The number of nitrogens with zero attached hydrogens (tertiary/aromatic N) is 2. The third-order valence-electron chi connectivity index (χ3n) is 9.54. The molecule has 0 bridgehead atoms. The lowest BCUT2D eigenvalue weighted by molar-refractivity contribution is -0.143. The topological polar surface area (TPSA) is 197 Å². The van der Waals surface area contributed by atoms with Crippen molar-refractivity contribution >= 4 is 39.6 Å². The summed E-state index contributed by atoms with van der Waals surface area (Å²) in [6.45, 7) is 11.4. The van der Waals surface area contributed by atoms with Crippen molar-refractivity contribution in [3.8, 4) is 0 Å². The highest BCUT2D eigenvalue weighted by atomic mass is 32.2. The molecule has 3 fully saturated rings. The first-order valence-electron chi connectivity index (χ1n) is 17.2. The minimum Gasteiger partial charge on any atom is -0.371 e. The van der Waals surface area contributed by atoms with Crippen LogP contribution in [0.2, 0.25) is 0 Å². The predicted molar refractivity (Wildman–Crippen MR) is 181 cm³/mol. The monoisotopic (exact) mass is 698 g/mol. The predicted octanol–water partition coefficient (Wildman–Crippen LogP) is 1.66.